The van der Waals surface area contributed by atoms with Crippen molar-refractivity contribution in [2.24, 2.45) is 0 Å². The number of amides is 1. The Hall–Kier alpha value is -2.65. The Morgan fingerprint density at radius 2 is 1.97 bits per heavy atom. The first-order valence-electron chi connectivity index (χ1n) is 11.2. The van der Waals surface area contributed by atoms with Crippen LogP contribution in [0.25, 0.3) is 10.2 Å². The third kappa shape index (κ3) is 7.71. The van der Waals surface area contributed by atoms with E-state index in [0.717, 1.165) is 25.7 Å². The highest BCUT2D eigenvalue weighted by molar-refractivity contribution is 7.99. The molecule has 0 saturated heterocycles. The molecule has 9 heteroatoms. The molecule has 176 valence electrons. The van der Waals surface area contributed by atoms with E-state index in [1.807, 2.05) is 29.6 Å². The van der Waals surface area contributed by atoms with Crippen LogP contribution in [-0.2, 0) is 27.3 Å². The molecule has 0 aliphatic carbocycles. The highest BCUT2D eigenvalue weighted by Crippen LogP contribution is 2.21. The van der Waals surface area contributed by atoms with Crippen molar-refractivity contribution in [2.75, 3.05) is 18.9 Å². The molecular formula is C24H29N3O4S2. The van der Waals surface area contributed by atoms with Crippen molar-refractivity contribution in [3.8, 4) is 0 Å². The number of thioether (sulfide) groups is 1. The molecule has 1 N–H and O–H groups in total. The molecule has 2 aromatic heterocycles. The molecule has 0 spiro atoms. The summed E-state index contributed by atoms with van der Waals surface area (Å²) in [6.07, 6.45) is 3.62. The van der Waals surface area contributed by atoms with Crippen LogP contribution in [-0.4, -0.2) is 40.3 Å². The second kappa shape index (κ2) is 13.2. The second-order valence-electron chi connectivity index (χ2n) is 7.48. The average Bonchev–Trinajstić information content (AvgIpc) is 3.29. The molecule has 3 rings (SSSR count). The van der Waals surface area contributed by atoms with Crippen molar-refractivity contribution in [1.29, 1.82) is 0 Å². The molecule has 0 atom stereocenters. The van der Waals surface area contributed by atoms with Crippen molar-refractivity contribution in [2.45, 2.75) is 50.7 Å². The Morgan fingerprint density at radius 3 is 2.76 bits per heavy atom. The minimum absolute atomic E-state index is 0.0513. The largest absolute Gasteiger partial charge is 0.465 e. The summed E-state index contributed by atoms with van der Waals surface area (Å²) in [6, 6.07) is 11.9. The average molecular weight is 488 g/mol. The second-order valence-corrected chi connectivity index (χ2v) is 9.33. The maximum Gasteiger partial charge on any atom is 0.316 e. The smallest absolute Gasteiger partial charge is 0.316 e. The fourth-order valence-electron chi connectivity index (χ4n) is 3.37. The van der Waals surface area contributed by atoms with Crippen LogP contribution in [0, 0.1) is 0 Å². The number of carbonyl (C=O) groups is 2. The summed E-state index contributed by atoms with van der Waals surface area (Å²) in [5, 5.41) is 5.34. The third-order valence-corrected chi connectivity index (χ3v) is 6.86. The molecule has 0 aliphatic rings. The first kappa shape index (κ1) is 25.0. The molecule has 0 bridgehead atoms. The van der Waals surface area contributed by atoms with Crippen molar-refractivity contribution < 1.29 is 14.3 Å². The number of carbonyl (C=O) groups excluding carboxylic acids is 2. The van der Waals surface area contributed by atoms with E-state index in [-0.39, 0.29) is 23.2 Å². The number of rotatable bonds is 13. The normalized spacial score (nSPS) is 10.9. The molecular weight excluding hydrogens is 458 g/mol. The maximum absolute atomic E-state index is 12.9. The zero-order valence-corrected chi connectivity index (χ0v) is 20.4. The van der Waals surface area contributed by atoms with Gasteiger partial charge in [0.2, 0.25) is 5.91 Å². The van der Waals surface area contributed by atoms with Crippen molar-refractivity contribution >= 4 is 45.2 Å². The summed E-state index contributed by atoms with van der Waals surface area (Å²) in [4.78, 5) is 41.3. The Morgan fingerprint density at radius 1 is 1.15 bits per heavy atom. The summed E-state index contributed by atoms with van der Waals surface area (Å²) in [7, 11) is 0. The summed E-state index contributed by atoms with van der Waals surface area (Å²) in [6.45, 7) is 3.22. The molecule has 0 aliphatic heterocycles. The Bertz CT molecular complexity index is 1110. The van der Waals surface area contributed by atoms with Crippen molar-refractivity contribution in [3.05, 3.63) is 57.7 Å². The highest BCUT2D eigenvalue weighted by atomic mass is 32.2. The first-order chi connectivity index (χ1) is 16.1. The number of nitrogens with zero attached hydrogens (tertiary/aromatic N) is 2. The van der Waals surface area contributed by atoms with Crippen LogP contribution in [0.4, 0.5) is 0 Å². The van der Waals surface area contributed by atoms with Gasteiger partial charge in [0.05, 0.1) is 17.9 Å². The lowest BCUT2D eigenvalue weighted by molar-refractivity contribution is -0.139. The molecule has 7 nitrogen and oxygen atoms in total. The fraction of sp³-hybridized carbons (Fsp3) is 0.417. The highest BCUT2D eigenvalue weighted by Gasteiger charge is 2.14. The van der Waals surface area contributed by atoms with E-state index in [1.54, 1.807) is 11.5 Å². The molecule has 2 heterocycles. The van der Waals surface area contributed by atoms with E-state index < -0.39 is 0 Å². The number of fused-ring (bicyclic) bond motifs is 1. The molecule has 3 aromatic rings. The topological polar surface area (TPSA) is 90.3 Å². The monoisotopic (exact) mass is 487 g/mol. The van der Waals surface area contributed by atoms with Crippen LogP contribution in [0.5, 0.6) is 0 Å². The molecule has 0 saturated carbocycles. The van der Waals surface area contributed by atoms with Crippen molar-refractivity contribution in [3.63, 3.8) is 0 Å². The van der Waals surface area contributed by atoms with E-state index in [1.165, 1.54) is 28.7 Å². The number of unbranched alkanes of at least 4 members (excludes halogenated alkanes) is 2. The summed E-state index contributed by atoms with van der Waals surface area (Å²) < 4.78 is 7.24. The van der Waals surface area contributed by atoms with Gasteiger partial charge in [-0.15, -0.1) is 11.3 Å². The molecule has 1 aromatic carbocycles. The number of hydrogen-bond acceptors (Lipinski definition) is 7. The van der Waals surface area contributed by atoms with Gasteiger partial charge < -0.3 is 10.1 Å². The molecule has 33 heavy (non-hydrogen) atoms. The van der Waals surface area contributed by atoms with Gasteiger partial charge in [0, 0.05) is 19.5 Å². The number of nitrogens with one attached hydrogen (secondary N) is 1. The van der Waals surface area contributed by atoms with Crippen LogP contribution in [0.15, 0.2) is 51.7 Å². The SMILES string of the molecule is CCOC(=O)CSc1nc2ccsc2c(=O)n1CCCCCC(=O)NCCc1ccccc1. The lowest BCUT2D eigenvalue weighted by Crippen LogP contribution is -2.25. The van der Waals surface area contributed by atoms with Gasteiger partial charge in [-0.2, -0.15) is 0 Å². The summed E-state index contributed by atoms with van der Waals surface area (Å²) in [5.74, 6) is -0.165. The molecule has 1 amide bonds. The molecule has 0 unspecified atom stereocenters. The third-order valence-electron chi connectivity index (χ3n) is 5.02. The van der Waals surface area contributed by atoms with Gasteiger partial charge in [0.25, 0.3) is 5.56 Å². The fourth-order valence-corrected chi connectivity index (χ4v) is 4.97. The van der Waals surface area contributed by atoms with Crippen LogP contribution in [0.1, 0.15) is 38.2 Å². The number of esters is 1. The Labute approximate surface area is 201 Å². The summed E-state index contributed by atoms with van der Waals surface area (Å²) in [5.41, 5.74) is 1.77. The van der Waals surface area contributed by atoms with Gasteiger partial charge in [-0.05, 0) is 43.2 Å². The van der Waals surface area contributed by atoms with Gasteiger partial charge in [-0.3, -0.25) is 19.0 Å². The standard InChI is InChI=1S/C24H29N3O4S2/c1-2-31-21(29)17-33-24-26-19-13-16-32-22(19)23(30)27(24)15-8-4-7-11-20(28)25-14-12-18-9-5-3-6-10-18/h3,5-6,9-10,13,16H,2,4,7-8,11-12,14-15,17H2,1H3,(H,25,28). The van der Waals surface area contributed by atoms with Crippen LogP contribution >= 0.6 is 23.1 Å². The van der Waals surface area contributed by atoms with Crippen LogP contribution < -0.4 is 10.9 Å². The van der Waals surface area contributed by atoms with Gasteiger partial charge in [0.15, 0.2) is 5.16 Å². The first-order valence-corrected chi connectivity index (χ1v) is 13.0. The van der Waals surface area contributed by atoms with Crippen LogP contribution in [0.2, 0.25) is 0 Å². The lowest BCUT2D eigenvalue weighted by Gasteiger charge is -2.12. The van der Waals surface area contributed by atoms with E-state index in [2.05, 4.69) is 22.4 Å². The lowest BCUT2D eigenvalue weighted by atomic mass is 10.1. The van der Waals surface area contributed by atoms with Crippen molar-refractivity contribution in [1.82, 2.24) is 14.9 Å². The van der Waals surface area contributed by atoms with Gasteiger partial charge in [-0.25, -0.2) is 4.98 Å². The maximum atomic E-state index is 12.9. The number of hydrogen-bond donors (Lipinski definition) is 1. The van der Waals surface area contributed by atoms with Gasteiger partial charge in [0.1, 0.15) is 4.70 Å². The minimum atomic E-state index is -0.327. The zero-order valence-electron chi connectivity index (χ0n) is 18.7. The predicted octanol–water partition coefficient (Wildman–Crippen LogP) is 4.03. The number of ether oxygens (including phenoxy) is 1. The van der Waals surface area contributed by atoms with Crippen LogP contribution in [0.3, 0.4) is 0 Å². The predicted molar refractivity (Wildman–Crippen MR) is 133 cm³/mol. The Balaban J connectivity index is 1.46. The Kier molecular flexibility index (Phi) is 9.96. The minimum Gasteiger partial charge on any atom is -0.465 e. The number of benzene rings is 1. The number of thiophene rings is 1. The quantitative estimate of drug-likeness (QED) is 0.169. The molecule has 0 radical (unpaired) electrons. The zero-order chi connectivity index (χ0) is 23.5. The van der Waals surface area contributed by atoms with E-state index >= 15 is 0 Å². The van der Waals surface area contributed by atoms with Gasteiger partial charge in [-0.1, -0.05) is 48.5 Å². The van der Waals surface area contributed by atoms with Gasteiger partial charge >= 0.3 is 5.97 Å². The van der Waals surface area contributed by atoms with E-state index in [4.69, 9.17) is 4.74 Å². The van der Waals surface area contributed by atoms with E-state index in [0.29, 0.717) is 41.5 Å². The molecule has 0 fully saturated rings. The number of aromatic nitrogens is 2. The summed E-state index contributed by atoms with van der Waals surface area (Å²) >= 11 is 2.59. The van der Waals surface area contributed by atoms with E-state index in [9.17, 15) is 14.4 Å².